The van der Waals surface area contributed by atoms with Gasteiger partial charge >= 0.3 is 5.97 Å². The number of benzene rings is 1. The predicted molar refractivity (Wildman–Crippen MR) is 115 cm³/mol. The van der Waals surface area contributed by atoms with Gasteiger partial charge in [-0.2, -0.15) is 0 Å². The predicted octanol–water partition coefficient (Wildman–Crippen LogP) is -0.520. The van der Waals surface area contributed by atoms with E-state index in [0.717, 1.165) is 5.01 Å². The molecule has 1 aromatic carbocycles. The van der Waals surface area contributed by atoms with Crippen molar-refractivity contribution in [2.45, 2.75) is 50.2 Å². The molecule has 0 bridgehead atoms. The lowest BCUT2D eigenvalue weighted by atomic mass is 10.0. The quantitative estimate of drug-likeness (QED) is 0.424. The van der Waals surface area contributed by atoms with Crippen molar-refractivity contribution >= 4 is 35.9 Å². The average Bonchev–Trinajstić information content (AvgIpc) is 2.95. The maximum Gasteiger partial charge on any atom is 0.305 e. The Hall–Kier alpha value is -3.96. The second kappa shape index (κ2) is 10.8. The zero-order valence-corrected chi connectivity index (χ0v) is 18.6. The van der Waals surface area contributed by atoms with Crippen molar-refractivity contribution in [3.63, 3.8) is 0 Å². The van der Waals surface area contributed by atoms with Crippen molar-refractivity contribution in [3.8, 4) is 5.75 Å². The van der Waals surface area contributed by atoms with Crippen molar-refractivity contribution in [3.05, 3.63) is 29.8 Å². The number of hydrazine groups is 1. The number of ether oxygens (including phenoxy) is 1. The monoisotopic (exact) mass is 474 g/mol. The summed E-state index contributed by atoms with van der Waals surface area (Å²) in [5.74, 6) is -2.99. The smallest absolute Gasteiger partial charge is 0.305 e. The van der Waals surface area contributed by atoms with E-state index in [1.807, 2.05) is 0 Å². The Bertz CT molecular complexity index is 980. The Labute approximate surface area is 195 Å². The fourth-order valence-corrected chi connectivity index (χ4v) is 3.99. The zero-order chi connectivity index (χ0) is 24.8. The summed E-state index contributed by atoms with van der Waals surface area (Å²) < 4.78 is 5.07. The van der Waals surface area contributed by atoms with Gasteiger partial charge in [0.05, 0.1) is 19.6 Å². The number of carbonyl (C=O) groups is 6. The number of nitrogens with one attached hydrogen (secondary N) is 2. The molecule has 0 spiro atoms. The molecular formula is C22H26N4O8. The maximum atomic E-state index is 13.4. The molecule has 1 aromatic rings. The first-order chi connectivity index (χ1) is 16.2. The summed E-state index contributed by atoms with van der Waals surface area (Å²) in [6, 6.07) is 2.81. The van der Waals surface area contributed by atoms with Crippen LogP contribution in [0.3, 0.4) is 0 Å². The van der Waals surface area contributed by atoms with E-state index in [1.165, 1.54) is 24.3 Å². The highest BCUT2D eigenvalue weighted by Crippen LogP contribution is 2.25. The lowest BCUT2D eigenvalue weighted by molar-refractivity contribution is -0.176. The highest BCUT2D eigenvalue weighted by molar-refractivity contribution is 6.00. The topological polar surface area (TPSA) is 162 Å². The van der Waals surface area contributed by atoms with Crippen molar-refractivity contribution in [1.82, 2.24) is 20.7 Å². The van der Waals surface area contributed by atoms with Gasteiger partial charge < -0.3 is 25.3 Å². The largest absolute Gasteiger partial charge is 0.497 e. The Morgan fingerprint density at radius 3 is 2.53 bits per heavy atom. The van der Waals surface area contributed by atoms with Crippen LogP contribution in [-0.2, 0) is 24.0 Å². The number of hydrogen-bond donors (Lipinski definition) is 3. The molecule has 0 aliphatic carbocycles. The normalized spacial score (nSPS) is 21.1. The third-order valence-electron chi connectivity index (χ3n) is 5.71. The highest BCUT2D eigenvalue weighted by atomic mass is 16.5. The number of nitrogens with zero attached hydrogens (tertiary/aromatic N) is 2. The number of carboxylic acids is 1. The maximum absolute atomic E-state index is 13.4. The Kier molecular flexibility index (Phi) is 7.82. The minimum atomic E-state index is -1.27. The first-order valence-corrected chi connectivity index (χ1v) is 10.8. The van der Waals surface area contributed by atoms with E-state index < -0.39 is 48.2 Å². The van der Waals surface area contributed by atoms with Gasteiger partial charge in [0.2, 0.25) is 11.8 Å². The van der Waals surface area contributed by atoms with Gasteiger partial charge in [-0.3, -0.25) is 29.0 Å². The van der Waals surface area contributed by atoms with E-state index in [2.05, 4.69) is 10.6 Å². The number of hydrogen-bond acceptors (Lipinski definition) is 7. The number of aldehydes is 1. The van der Waals surface area contributed by atoms with Gasteiger partial charge in [0, 0.05) is 18.5 Å². The Balaban J connectivity index is 1.79. The first-order valence-electron chi connectivity index (χ1n) is 10.8. The van der Waals surface area contributed by atoms with Crippen molar-refractivity contribution in [2.24, 2.45) is 0 Å². The van der Waals surface area contributed by atoms with Crippen LogP contribution in [0.4, 0.5) is 0 Å². The van der Waals surface area contributed by atoms with Gasteiger partial charge in [0.15, 0.2) is 0 Å². The van der Waals surface area contributed by atoms with E-state index >= 15 is 0 Å². The van der Waals surface area contributed by atoms with E-state index in [0.29, 0.717) is 18.5 Å². The molecule has 3 atom stereocenters. The van der Waals surface area contributed by atoms with Crippen LogP contribution < -0.4 is 15.4 Å². The van der Waals surface area contributed by atoms with Crippen LogP contribution in [0, 0.1) is 0 Å². The number of carbonyl (C=O) groups excluding carboxylic acids is 5. The van der Waals surface area contributed by atoms with Gasteiger partial charge in [0.25, 0.3) is 11.8 Å². The van der Waals surface area contributed by atoms with E-state index in [1.54, 1.807) is 12.1 Å². The lowest BCUT2D eigenvalue weighted by Crippen LogP contribution is -2.64. The summed E-state index contributed by atoms with van der Waals surface area (Å²) in [6.07, 6.45) is 0.371. The Morgan fingerprint density at radius 1 is 1.21 bits per heavy atom. The minimum absolute atomic E-state index is 0.0138. The van der Waals surface area contributed by atoms with Gasteiger partial charge in [-0.25, -0.2) is 5.01 Å². The molecule has 2 aliphatic rings. The molecule has 3 rings (SSSR count). The van der Waals surface area contributed by atoms with Crippen LogP contribution in [-0.4, -0.2) is 82.8 Å². The molecule has 2 aliphatic heterocycles. The zero-order valence-electron chi connectivity index (χ0n) is 18.6. The molecular weight excluding hydrogens is 448 g/mol. The summed E-state index contributed by atoms with van der Waals surface area (Å²) in [4.78, 5) is 73.8. The van der Waals surface area contributed by atoms with Crippen LogP contribution in [0.15, 0.2) is 24.3 Å². The van der Waals surface area contributed by atoms with E-state index in [-0.39, 0.29) is 37.3 Å². The van der Waals surface area contributed by atoms with Gasteiger partial charge in [-0.1, -0.05) is 0 Å². The van der Waals surface area contributed by atoms with Gasteiger partial charge in [-0.05, 0) is 43.5 Å². The summed E-state index contributed by atoms with van der Waals surface area (Å²) in [7, 11) is 1.49. The molecule has 12 heteroatoms. The van der Waals surface area contributed by atoms with Crippen molar-refractivity contribution < 1.29 is 38.6 Å². The van der Waals surface area contributed by atoms with Gasteiger partial charge in [0.1, 0.15) is 24.1 Å². The first kappa shape index (κ1) is 24.7. The summed E-state index contributed by atoms with van der Waals surface area (Å²) in [5.41, 5.74) is 0.288. The molecule has 0 unspecified atom stereocenters. The SMILES string of the molecule is COc1ccc(C(=O)N[C@H]2CCC(=O)N3CCC[C@@H](C(=O)N[C@H](C=O)CC(=O)O)N3C2=O)cc1. The van der Waals surface area contributed by atoms with Gasteiger partial charge in [-0.15, -0.1) is 0 Å². The molecule has 182 valence electrons. The molecule has 2 heterocycles. The van der Waals surface area contributed by atoms with Crippen molar-refractivity contribution in [1.29, 1.82) is 0 Å². The molecule has 34 heavy (non-hydrogen) atoms. The molecule has 4 amide bonds. The van der Waals surface area contributed by atoms with Crippen LogP contribution in [0.2, 0.25) is 0 Å². The molecule has 3 N–H and O–H groups in total. The van der Waals surface area contributed by atoms with Crippen LogP contribution >= 0.6 is 0 Å². The number of amides is 4. The van der Waals surface area contributed by atoms with Crippen LogP contribution in [0.5, 0.6) is 5.75 Å². The van der Waals surface area contributed by atoms with E-state index in [4.69, 9.17) is 9.84 Å². The minimum Gasteiger partial charge on any atom is -0.497 e. The highest BCUT2D eigenvalue weighted by Gasteiger charge is 2.44. The molecule has 12 nitrogen and oxygen atoms in total. The molecule has 0 aromatic heterocycles. The molecule has 0 radical (unpaired) electrons. The fraction of sp³-hybridized carbons (Fsp3) is 0.455. The second-order valence-electron chi connectivity index (χ2n) is 8.00. The summed E-state index contributed by atoms with van der Waals surface area (Å²) in [6.45, 7) is 0.222. The standard InChI is InChI=1S/C22H26N4O8/c1-34-15-6-4-13(5-7-15)20(31)24-16-8-9-18(28)25-10-2-3-17(26(25)22(16)33)21(32)23-14(12-27)11-19(29)30/h4-7,12,14,16-17H,2-3,8-11H2,1H3,(H,23,32)(H,24,31)(H,29,30)/t14-,16-,17-/m0/s1. The number of aliphatic carboxylic acids is 1. The Morgan fingerprint density at radius 2 is 1.91 bits per heavy atom. The average molecular weight is 474 g/mol. The third kappa shape index (κ3) is 5.50. The second-order valence-corrected chi connectivity index (χ2v) is 8.00. The molecule has 0 saturated carbocycles. The van der Waals surface area contributed by atoms with E-state index in [9.17, 15) is 28.8 Å². The third-order valence-corrected chi connectivity index (χ3v) is 5.71. The number of fused-ring (bicyclic) bond motifs is 1. The van der Waals surface area contributed by atoms with Crippen LogP contribution in [0.1, 0.15) is 42.5 Å². The summed E-state index contributed by atoms with van der Waals surface area (Å²) in [5, 5.41) is 16.1. The lowest BCUT2D eigenvalue weighted by Gasteiger charge is -2.43. The number of carboxylic acid groups (broad SMARTS) is 1. The summed E-state index contributed by atoms with van der Waals surface area (Å²) >= 11 is 0. The molecule has 2 saturated heterocycles. The number of methoxy groups -OCH3 is 1. The molecule has 2 fully saturated rings. The number of rotatable bonds is 8. The van der Waals surface area contributed by atoms with Crippen LogP contribution in [0.25, 0.3) is 0 Å². The van der Waals surface area contributed by atoms with Crippen molar-refractivity contribution in [2.75, 3.05) is 13.7 Å². The fourth-order valence-electron chi connectivity index (χ4n) is 3.99.